The SMILES string of the molecule is CSC(CO)C(C)NCc1cnco1. The topological polar surface area (TPSA) is 58.3 Å². The molecule has 0 saturated heterocycles. The van der Waals surface area contributed by atoms with Gasteiger partial charge in [0.15, 0.2) is 6.39 Å². The summed E-state index contributed by atoms with van der Waals surface area (Å²) in [5.41, 5.74) is 0. The van der Waals surface area contributed by atoms with Crippen LogP contribution in [-0.2, 0) is 6.54 Å². The van der Waals surface area contributed by atoms with Crippen LogP contribution < -0.4 is 5.32 Å². The molecule has 0 radical (unpaired) electrons. The molecule has 4 nitrogen and oxygen atoms in total. The fourth-order valence-electron chi connectivity index (χ4n) is 1.16. The van der Waals surface area contributed by atoms with Gasteiger partial charge in [0.2, 0.25) is 0 Å². The molecule has 0 spiro atoms. The number of rotatable bonds is 6. The second kappa shape index (κ2) is 6.06. The van der Waals surface area contributed by atoms with Crippen LogP contribution in [0.15, 0.2) is 17.0 Å². The van der Waals surface area contributed by atoms with Crippen molar-refractivity contribution in [3.8, 4) is 0 Å². The van der Waals surface area contributed by atoms with Gasteiger partial charge in [-0.05, 0) is 13.2 Å². The molecule has 1 rings (SSSR count). The van der Waals surface area contributed by atoms with E-state index in [1.165, 1.54) is 6.39 Å². The molecule has 2 N–H and O–H groups in total. The van der Waals surface area contributed by atoms with Crippen molar-refractivity contribution in [2.45, 2.75) is 24.8 Å². The number of aliphatic hydroxyl groups is 1. The van der Waals surface area contributed by atoms with Gasteiger partial charge < -0.3 is 14.8 Å². The summed E-state index contributed by atoms with van der Waals surface area (Å²) in [4.78, 5) is 3.82. The van der Waals surface area contributed by atoms with Gasteiger partial charge in [0, 0.05) is 11.3 Å². The Bertz CT molecular complexity index is 237. The van der Waals surface area contributed by atoms with Crippen molar-refractivity contribution in [1.29, 1.82) is 0 Å². The summed E-state index contributed by atoms with van der Waals surface area (Å²) in [6.07, 6.45) is 5.10. The van der Waals surface area contributed by atoms with E-state index in [9.17, 15) is 0 Å². The fourth-order valence-corrected chi connectivity index (χ4v) is 1.81. The summed E-state index contributed by atoms with van der Waals surface area (Å²) in [6.45, 7) is 2.89. The van der Waals surface area contributed by atoms with Crippen LogP contribution in [0.3, 0.4) is 0 Å². The molecule has 0 aromatic carbocycles. The van der Waals surface area contributed by atoms with Crippen LogP contribution >= 0.6 is 11.8 Å². The lowest BCUT2D eigenvalue weighted by atomic mass is 10.2. The Labute approximate surface area is 88.1 Å². The van der Waals surface area contributed by atoms with Crippen molar-refractivity contribution in [2.75, 3.05) is 12.9 Å². The van der Waals surface area contributed by atoms with Crippen molar-refractivity contribution >= 4 is 11.8 Å². The molecule has 5 heteroatoms. The maximum atomic E-state index is 9.06. The average Bonchev–Trinajstić information content (AvgIpc) is 2.69. The largest absolute Gasteiger partial charge is 0.447 e. The van der Waals surface area contributed by atoms with Crippen LogP contribution in [0.2, 0.25) is 0 Å². The van der Waals surface area contributed by atoms with Crippen LogP contribution in [0.5, 0.6) is 0 Å². The predicted molar refractivity (Wildman–Crippen MR) is 57.2 cm³/mol. The molecule has 80 valence electrons. The molecule has 0 aliphatic carbocycles. The Kier molecular flexibility index (Phi) is 5.00. The van der Waals surface area contributed by atoms with Crippen LogP contribution in [0, 0.1) is 0 Å². The molecule has 1 aromatic rings. The summed E-state index contributed by atoms with van der Waals surface area (Å²) in [7, 11) is 0. The number of aromatic nitrogens is 1. The Morgan fingerprint density at radius 1 is 1.71 bits per heavy atom. The highest BCUT2D eigenvalue weighted by Gasteiger charge is 2.14. The van der Waals surface area contributed by atoms with Crippen LogP contribution in [0.1, 0.15) is 12.7 Å². The highest BCUT2D eigenvalue weighted by atomic mass is 32.2. The minimum Gasteiger partial charge on any atom is -0.447 e. The highest BCUT2D eigenvalue weighted by Crippen LogP contribution is 2.10. The Hall–Kier alpha value is -0.520. The summed E-state index contributed by atoms with van der Waals surface area (Å²) < 4.78 is 5.09. The lowest BCUT2D eigenvalue weighted by Crippen LogP contribution is -2.36. The fraction of sp³-hybridized carbons (Fsp3) is 0.667. The number of nitrogens with one attached hydrogen (secondary N) is 1. The smallest absolute Gasteiger partial charge is 0.180 e. The number of oxazole rings is 1. The number of aliphatic hydroxyl groups excluding tert-OH is 1. The first-order valence-electron chi connectivity index (χ1n) is 4.52. The van der Waals surface area contributed by atoms with Gasteiger partial charge in [0.05, 0.1) is 19.3 Å². The van der Waals surface area contributed by atoms with E-state index in [0.29, 0.717) is 6.54 Å². The molecule has 1 aromatic heterocycles. The minimum absolute atomic E-state index is 0.186. The average molecular weight is 216 g/mol. The standard InChI is InChI=1S/C9H16N2O2S/c1-7(9(5-12)14-2)11-4-8-3-10-6-13-8/h3,6-7,9,11-12H,4-5H2,1-2H3. The summed E-state index contributed by atoms with van der Waals surface area (Å²) in [5, 5.41) is 12.5. The Morgan fingerprint density at radius 3 is 3.00 bits per heavy atom. The molecule has 2 unspecified atom stereocenters. The first kappa shape index (κ1) is 11.6. The third-order valence-electron chi connectivity index (χ3n) is 2.12. The van der Waals surface area contributed by atoms with E-state index in [4.69, 9.17) is 9.52 Å². The van der Waals surface area contributed by atoms with E-state index in [2.05, 4.69) is 10.3 Å². The maximum Gasteiger partial charge on any atom is 0.180 e. The van der Waals surface area contributed by atoms with Crippen molar-refractivity contribution < 1.29 is 9.52 Å². The van der Waals surface area contributed by atoms with E-state index in [-0.39, 0.29) is 17.9 Å². The molecule has 14 heavy (non-hydrogen) atoms. The van der Waals surface area contributed by atoms with Gasteiger partial charge in [0.25, 0.3) is 0 Å². The van der Waals surface area contributed by atoms with E-state index in [0.717, 1.165) is 5.76 Å². The number of nitrogens with zero attached hydrogens (tertiary/aromatic N) is 1. The molecule has 0 aliphatic rings. The molecule has 0 amide bonds. The van der Waals surface area contributed by atoms with Gasteiger partial charge in [-0.3, -0.25) is 0 Å². The van der Waals surface area contributed by atoms with E-state index in [1.807, 2.05) is 13.2 Å². The van der Waals surface area contributed by atoms with Crippen LogP contribution in [0.25, 0.3) is 0 Å². The summed E-state index contributed by atoms with van der Waals surface area (Å²) in [6, 6.07) is 0.250. The number of thioether (sulfide) groups is 1. The molecule has 0 aliphatic heterocycles. The predicted octanol–water partition coefficient (Wildman–Crippen LogP) is 0.877. The third kappa shape index (κ3) is 3.32. The van der Waals surface area contributed by atoms with Crippen LogP contribution in [0.4, 0.5) is 0 Å². The quantitative estimate of drug-likeness (QED) is 0.739. The van der Waals surface area contributed by atoms with Gasteiger partial charge in [-0.2, -0.15) is 11.8 Å². The zero-order valence-electron chi connectivity index (χ0n) is 8.43. The maximum absolute atomic E-state index is 9.06. The monoisotopic (exact) mass is 216 g/mol. The van der Waals surface area contributed by atoms with Gasteiger partial charge in [-0.25, -0.2) is 4.98 Å². The van der Waals surface area contributed by atoms with Gasteiger partial charge in [-0.15, -0.1) is 0 Å². The third-order valence-corrected chi connectivity index (χ3v) is 3.28. The molecular weight excluding hydrogens is 200 g/mol. The Balaban J connectivity index is 2.30. The second-order valence-electron chi connectivity index (χ2n) is 3.09. The first-order valence-corrected chi connectivity index (χ1v) is 5.81. The lowest BCUT2D eigenvalue weighted by molar-refractivity contribution is 0.274. The molecular formula is C9H16N2O2S. The van der Waals surface area contributed by atoms with Gasteiger partial charge >= 0.3 is 0 Å². The zero-order valence-corrected chi connectivity index (χ0v) is 9.25. The van der Waals surface area contributed by atoms with Crippen LogP contribution in [-0.4, -0.2) is 34.2 Å². The summed E-state index contributed by atoms with van der Waals surface area (Å²) in [5.74, 6) is 0.814. The molecule has 1 heterocycles. The number of hydrogen-bond acceptors (Lipinski definition) is 5. The molecule has 2 atom stereocenters. The van der Waals surface area contributed by atoms with Crippen molar-refractivity contribution in [3.63, 3.8) is 0 Å². The van der Waals surface area contributed by atoms with E-state index < -0.39 is 0 Å². The van der Waals surface area contributed by atoms with Gasteiger partial charge in [0.1, 0.15) is 5.76 Å². The molecule has 0 bridgehead atoms. The molecule has 0 saturated carbocycles. The van der Waals surface area contributed by atoms with Crippen molar-refractivity contribution in [3.05, 3.63) is 18.4 Å². The van der Waals surface area contributed by atoms with Gasteiger partial charge in [-0.1, -0.05) is 0 Å². The van der Waals surface area contributed by atoms with Crippen molar-refractivity contribution in [2.24, 2.45) is 0 Å². The van der Waals surface area contributed by atoms with E-state index >= 15 is 0 Å². The highest BCUT2D eigenvalue weighted by molar-refractivity contribution is 7.99. The lowest BCUT2D eigenvalue weighted by Gasteiger charge is -2.20. The number of hydrogen-bond donors (Lipinski definition) is 2. The zero-order chi connectivity index (χ0) is 10.4. The minimum atomic E-state index is 0.186. The normalized spacial score (nSPS) is 15.4. The Morgan fingerprint density at radius 2 is 2.50 bits per heavy atom. The summed E-state index contributed by atoms with van der Waals surface area (Å²) >= 11 is 1.66. The second-order valence-corrected chi connectivity index (χ2v) is 4.17. The first-order chi connectivity index (χ1) is 6.77. The van der Waals surface area contributed by atoms with Crippen molar-refractivity contribution in [1.82, 2.24) is 10.3 Å². The molecule has 0 fully saturated rings. The van der Waals surface area contributed by atoms with E-state index in [1.54, 1.807) is 18.0 Å².